The first-order valence-electron chi connectivity index (χ1n) is 7.71. The largest absolute Gasteiger partial charge is 0.496 e. The van der Waals surface area contributed by atoms with Gasteiger partial charge in [0, 0.05) is 12.6 Å². The van der Waals surface area contributed by atoms with E-state index in [1.54, 1.807) is 13.8 Å². The summed E-state index contributed by atoms with van der Waals surface area (Å²) in [5.41, 5.74) is 0.285. The highest BCUT2D eigenvalue weighted by molar-refractivity contribution is 5.98. The van der Waals surface area contributed by atoms with E-state index in [0.717, 1.165) is 0 Å². The van der Waals surface area contributed by atoms with E-state index in [9.17, 15) is 19.7 Å². The highest BCUT2D eigenvalue weighted by Crippen LogP contribution is 2.31. The van der Waals surface area contributed by atoms with Gasteiger partial charge in [0.2, 0.25) is 0 Å². The van der Waals surface area contributed by atoms with Crippen LogP contribution < -0.4 is 4.74 Å². The van der Waals surface area contributed by atoms with E-state index in [0.29, 0.717) is 24.9 Å². The zero-order valence-electron chi connectivity index (χ0n) is 13.9. The van der Waals surface area contributed by atoms with Crippen molar-refractivity contribution in [3.63, 3.8) is 0 Å². The molecule has 2 rings (SSSR count). The summed E-state index contributed by atoms with van der Waals surface area (Å²) in [6.45, 7) is 3.91. The minimum Gasteiger partial charge on any atom is -0.496 e. The molecule has 1 heterocycles. The van der Waals surface area contributed by atoms with Crippen LogP contribution in [0.3, 0.4) is 0 Å². The van der Waals surface area contributed by atoms with E-state index >= 15 is 0 Å². The van der Waals surface area contributed by atoms with Gasteiger partial charge in [0.15, 0.2) is 0 Å². The third kappa shape index (κ3) is 3.32. The molecule has 0 spiro atoms. The van der Waals surface area contributed by atoms with Crippen LogP contribution in [-0.2, 0) is 9.53 Å². The van der Waals surface area contributed by atoms with Crippen LogP contribution in [-0.4, -0.2) is 48.0 Å². The smallest absolute Gasteiger partial charge is 0.328 e. The van der Waals surface area contributed by atoms with E-state index in [1.165, 1.54) is 24.1 Å². The van der Waals surface area contributed by atoms with Crippen LogP contribution in [0.5, 0.6) is 5.75 Å². The number of carbonyl (C=O) groups is 2. The topological polar surface area (TPSA) is 99.0 Å². The molecule has 0 radical (unpaired) electrons. The van der Waals surface area contributed by atoms with E-state index in [4.69, 9.17) is 9.47 Å². The molecule has 0 bridgehead atoms. The molecular weight excluding hydrogens is 316 g/mol. The molecule has 1 saturated heterocycles. The zero-order valence-corrected chi connectivity index (χ0v) is 13.9. The molecule has 8 heteroatoms. The maximum atomic E-state index is 12.8. The van der Waals surface area contributed by atoms with E-state index in [1.807, 2.05) is 0 Å². The van der Waals surface area contributed by atoms with Gasteiger partial charge in [0.25, 0.3) is 11.6 Å². The second-order valence-electron chi connectivity index (χ2n) is 5.49. The summed E-state index contributed by atoms with van der Waals surface area (Å²) in [7, 11) is 1.39. The normalized spacial score (nSPS) is 16.8. The summed E-state index contributed by atoms with van der Waals surface area (Å²) in [6, 6.07) is 2.04. The average Bonchev–Trinajstić information content (AvgIpc) is 3.04. The summed E-state index contributed by atoms with van der Waals surface area (Å²) in [6.07, 6.45) is 1.20. The number of nitro groups is 1. The summed E-state index contributed by atoms with van der Waals surface area (Å²) >= 11 is 0. The maximum Gasteiger partial charge on any atom is 0.328 e. The number of amides is 1. The van der Waals surface area contributed by atoms with Gasteiger partial charge in [-0.2, -0.15) is 0 Å². The van der Waals surface area contributed by atoms with Crippen LogP contribution in [0.15, 0.2) is 12.1 Å². The molecule has 1 atom stereocenters. The summed E-state index contributed by atoms with van der Waals surface area (Å²) < 4.78 is 10.1. The third-order valence-electron chi connectivity index (χ3n) is 4.07. The van der Waals surface area contributed by atoms with Crippen LogP contribution in [0.4, 0.5) is 5.69 Å². The van der Waals surface area contributed by atoms with Crippen molar-refractivity contribution in [1.82, 2.24) is 4.90 Å². The van der Waals surface area contributed by atoms with Crippen molar-refractivity contribution in [2.45, 2.75) is 32.7 Å². The lowest BCUT2D eigenvalue weighted by atomic mass is 10.1. The molecule has 0 aliphatic carbocycles. The first-order chi connectivity index (χ1) is 11.4. The monoisotopic (exact) mass is 336 g/mol. The van der Waals surface area contributed by atoms with Gasteiger partial charge >= 0.3 is 5.97 Å². The number of esters is 1. The van der Waals surface area contributed by atoms with Gasteiger partial charge in [-0.25, -0.2) is 4.79 Å². The number of methoxy groups -OCH3 is 1. The van der Waals surface area contributed by atoms with Gasteiger partial charge in [-0.05, 0) is 32.8 Å². The molecule has 0 aromatic heterocycles. The lowest BCUT2D eigenvalue weighted by Gasteiger charge is -2.23. The van der Waals surface area contributed by atoms with Gasteiger partial charge in [-0.3, -0.25) is 14.9 Å². The third-order valence-corrected chi connectivity index (χ3v) is 4.07. The Morgan fingerprint density at radius 3 is 2.71 bits per heavy atom. The van der Waals surface area contributed by atoms with Crippen LogP contribution >= 0.6 is 0 Å². The van der Waals surface area contributed by atoms with Gasteiger partial charge in [-0.1, -0.05) is 0 Å². The number of hydrogen-bond acceptors (Lipinski definition) is 6. The van der Waals surface area contributed by atoms with Crippen molar-refractivity contribution in [2.75, 3.05) is 20.3 Å². The number of nitrogens with zero attached hydrogens (tertiary/aromatic N) is 2. The lowest BCUT2D eigenvalue weighted by molar-refractivity contribution is -0.385. The van der Waals surface area contributed by atoms with E-state index in [-0.39, 0.29) is 23.6 Å². The Labute approximate surface area is 139 Å². The van der Waals surface area contributed by atoms with Crippen molar-refractivity contribution < 1.29 is 24.0 Å². The van der Waals surface area contributed by atoms with Crippen molar-refractivity contribution in [3.05, 3.63) is 33.4 Å². The molecule has 8 nitrogen and oxygen atoms in total. The fraction of sp³-hybridized carbons (Fsp3) is 0.500. The van der Waals surface area contributed by atoms with Gasteiger partial charge in [-0.15, -0.1) is 0 Å². The second kappa shape index (κ2) is 7.29. The highest BCUT2D eigenvalue weighted by Gasteiger charge is 2.36. The van der Waals surface area contributed by atoms with Gasteiger partial charge < -0.3 is 14.4 Å². The Morgan fingerprint density at radius 2 is 2.12 bits per heavy atom. The average molecular weight is 336 g/mol. The van der Waals surface area contributed by atoms with Crippen LogP contribution in [0.2, 0.25) is 0 Å². The molecular formula is C16H20N2O6. The zero-order chi connectivity index (χ0) is 17.9. The predicted molar refractivity (Wildman–Crippen MR) is 85.1 cm³/mol. The molecule has 0 N–H and O–H groups in total. The minimum atomic E-state index is -0.649. The second-order valence-corrected chi connectivity index (χ2v) is 5.49. The van der Waals surface area contributed by atoms with Crippen LogP contribution in [0.1, 0.15) is 35.7 Å². The van der Waals surface area contributed by atoms with E-state index < -0.39 is 22.8 Å². The minimum absolute atomic E-state index is 0.125. The van der Waals surface area contributed by atoms with Crippen molar-refractivity contribution in [1.29, 1.82) is 0 Å². The first-order valence-corrected chi connectivity index (χ1v) is 7.71. The molecule has 1 aliphatic heterocycles. The van der Waals surface area contributed by atoms with Crippen molar-refractivity contribution in [2.24, 2.45) is 0 Å². The van der Waals surface area contributed by atoms with Crippen molar-refractivity contribution >= 4 is 17.6 Å². The molecule has 0 saturated carbocycles. The Balaban J connectivity index is 2.37. The highest BCUT2D eigenvalue weighted by atomic mass is 16.6. The summed E-state index contributed by atoms with van der Waals surface area (Å²) in [4.78, 5) is 36.8. The van der Waals surface area contributed by atoms with Crippen molar-refractivity contribution in [3.8, 4) is 5.75 Å². The SMILES string of the molecule is CCOC(=O)[C@H]1CCCN1C(=O)c1cc(OC)c(C)c([N+](=O)[O-])c1. The fourth-order valence-corrected chi connectivity index (χ4v) is 2.86. The molecule has 0 unspecified atom stereocenters. The van der Waals surface area contributed by atoms with Gasteiger partial charge in [0.05, 0.1) is 29.8 Å². The van der Waals surface area contributed by atoms with Crippen LogP contribution in [0, 0.1) is 17.0 Å². The lowest BCUT2D eigenvalue weighted by Crippen LogP contribution is -2.41. The summed E-state index contributed by atoms with van der Waals surface area (Å²) in [5.74, 6) is -0.622. The maximum absolute atomic E-state index is 12.8. The quantitative estimate of drug-likeness (QED) is 0.464. The number of likely N-dealkylation sites (tertiary alicyclic amines) is 1. The molecule has 1 fully saturated rings. The predicted octanol–water partition coefficient (Wildman–Crippen LogP) is 2.08. The Hall–Kier alpha value is -2.64. The number of ether oxygens (including phenoxy) is 2. The fourth-order valence-electron chi connectivity index (χ4n) is 2.86. The Bertz CT molecular complexity index is 673. The number of rotatable bonds is 5. The van der Waals surface area contributed by atoms with E-state index in [2.05, 4.69) is 0 Å². The first kappa shape index (κ1) is 17.7. The molecule has 1 amide bonds. The molecule has 1 aliphatic rings. The summed E-state index contributed by atoms with van der Waals surface area (Å²) in [5, 5.41) is 11.2. The van der Waals surface area contributed by atoms with Crippen LogP contribution in [0.25, 0.3) is 0 Å². The molecule has 130 valence electrons. The number of hydrogen-bond donors (Lipinski definition) is 0. The standard InChI is InChI=1S/C16H20N2O6/c1-4-24-16(20)12-6-5-7-17(12)15(19)11-8-13(18(21)22)10(2)14(9-11)23-3/h8-9,12H,4-7H2,1-3H3/t12-/m1/s1. The van der Waals surface area contributed by atoms with Gasteiger partial charge in [0.1, 0.15) is 11.8 Å². The number of carbonyl (C=O) groups excluding carboxylic acids is 2. The number of benzene rings is 1. The molecule has 1 aromatic rings. The molecule has 1 aromatic carbocycles. The Morgan fingerprint density at radius 1 is 1.42 bits per heavy atom. The Kier molecular flexibility index (Phi) is 5.38. The molecule has 24 heavy (non-hydrogen) atoms. The number of nitro benzene ring substituents is 1.